The molecule has 6 nitrogen and oxygen atoms in total. The summed E-state index contributed by atoms with van der Waals surface area (Å²) < 4.78 is 103. The summed E-state index contributed by atoms with van der Waals surface area (Å²) in [5.41, 5.74) is -3.67. The van der Waals surface area contributed by atoms with E-state index in [1.165, 1.54) is 83.5 Å². The van der Waals surface area contributed by atoms with Crippen molar-refractivity contribution >= 4 is 0 Å². The van der Waals surface area contributed by atoms with Crippen molar-refractivity contribution in [3.05, 3.63) is 73.5 Å². The van der Waals surface area contributed by atoms with E-state index in [4.69, 9.17) is 23.7 Å². The highest BCUT2D eigenvalue weighted by molar-refractivity contribution is 5.02. The van der Waals surface area contributed by atoms with Gasteiger partial charge in [-0.3, -0.25) is 0 Å². The van der Waals surface area contributed by atoms with E-state index in [2.05, 4.69) is 49.8 Å². The van der Waals surface area contributed by atoms with Crippen LogP contribution in [-0.2, 0) is 28.4 Å². The highest BCUT2D eigenvalue weighted by atomic mass is 19.4. The molecule has 1 atom stereocenters. The van der Waals surface area contributed by atoms with Gasteiger partial charge >= 0.3 is 12.4 Å². The van der Waals surface area contributed by atoms with Gasteiger partial charge in [-0.1, -0.05) is 6.42 Å². The van der Waals surface area contributed by atoms with Gasteiger partial charge in [0.2, 0.25) is 0 Å². The first-order chi connectivity index (χ1) is 25.1. The minimum absolute atomic E-state index is 0.0920. The van der Waals surface area contributed by atoms with Gasteiger partial charge in [0.15, 0.2) is 0 Å². The standard InChI is InChI=1S/C10H16O.C7H6F6O.C7H12O.2C6H10O.C5H8O/c1-2-6-10(7-3-1)8-4-5-9-11-10;8-6(9,10)5(7(11,12)13)3-1-2-4-14-5;1-7(2)5-3-4-6-8-7;2*1-6-4-2-3-5-7-6;1-2-4-6-5-3-1/h5,9H,1-4,6-8H2;2,4H,1,3H2;4,6H,3,5H2,1-2H3;4H,2-3,5H2,1H3;3,5-6H,2,4H2,1H3;2,4H,1,3,5H2. The fraction of sp³-hybridized carbons (Fsp3) is 0.707. The van der Waals surface area contributed by atoms with Crippen LogP contribution in [0.4, 0.5) is 26.3 Å². The minimum atomic E-state index is -5.45. The maximum Gasteiger partial charge on any atom is 0.437 e. The molecule has 304 valence electrons. The van der Waals surface area contributed by atoms with Crippen LogP contribution in [0.15, 0.2) is 73.5 Å². The molecule has 0 radical (unpaired) electrons. The second kappa shape index (κ2) is 23.6. The van der Waals surface area contributed by atoms with Gasteiger partial charge in [0.1, 0.15) is 11.2 Å². The lowest BCUT2D eigenvalue weighted by Gasteiger charge is -2.38. The molecule has 0 aromatic heterocycles. The Bertz CT molecular complexity index is 1160. The van der Waals surface area contributed by atoms with Gasteiger partial charge in [0.05, 0.1) is 56.4 Å². The van der Waals surface area contributed by atoms with E-state index < -0.39 is 24.4 Å². The zero-order chi connectivity index (χ0) is 39.1. The molecule has 0 aromatic rings. The Balaban J connectivity index is 0.000000226. The van der Waals surface area contributed by atoms with Crippen LogP contribution < -0.4 is 0 Å². The van der Waals surface area contributed by atoms with Crippen molar-refractivity contribution in [3.63, 3.8) is 0 Å². The van der Waals surface area contributed by atoms with Gasteiger partial charge in [-0.25, -0.2) is 0 Å². The fourth-order valence-electron chi connectivity index (χ4n) is 6.00. The molecular formula is C41H62F6O6. The highest BCUT2D eigenvalue weighted by Gasteiger charge is 2.73. The van der Waals surface area contributed by atoms with Crippen LogP contribution in [0.5, 0.6) is 0 Å². The molecule has 0 aromatic carbocycles. The van der Waals surface area contributed by atoms with Crippen LogP contribution in [0.25, 0.3) is 0 Å². The Hall–Kier alpha value is -3.18. The molecular weight excluding hydrogens is 702 g/mol. The van der Waals surface area contributed by atoms with Crippen molar-refractivity contribution in [3.8, 4) is 0 Å². The number of rotatable bonds is 0. The Morgan fingerprint density at radius 1 is 0.585 bits per heavy atom. The summed E-state index contributed by atoms with van der Waals surface area (Å²) in [6, 6.07) is 0. The van der Waals surface area contributed by atoms with Crippen LogP contribution >= 0.6 is 0 Å². The summed E-state index contributed by atoms with van der Waals surface area (Å²) in [5, 5.41) is 0. The molecule has 1 saturated carbocycles. The number of hydrogen-bond acceptors (Lipinski definition) is 6. The Labute approximate surface area is 313 Å². The van der Waals surface area contributed by atoms with E-state index in [-0.39, 0.29) is 17.6 Å². The quantitative estimate of drug-likeness (QED) is 0.229. The lowest BCUT2D eigenvalue weighted by atomic mass is 9.81. The summed E-state index contributed by atoms with van der Waals surface area (Å²) in [7, 11) is 0. The third-order valence-corrected chi connectivity index (χ3v) is 9.37. The van der Waals surface area contributed by atoms with Crippen molar-refractivity contribution in [1.82, 2.24) is 0 Å². The first-order valence-electron chi connectivity index (χ1n) is 19.1. The van der Waals surface area contributed by atoms with Gasteiger partial charge < -0.3 is 28.4 Å². The first kappa shape index (κ1) is 46.0. The molecule has 6 aliphatic heterocycles. The van der Waals surface area contributed by atoms with Crippen LogP contribution in [0.3, 0.4) is 0 Å². The zero-order valence-electron chi connectivity index (χ0n) is 32.1. The Kier molecular flexibility index (Phi) is 20.4. The molecule has 1 spiro atoms. The van der Waals surface area contributed by atoms with Gasteiger partial charge in [-0.2, -0.15) is 26.3 Å². The van der Waals surface area contributed by atoms with Gasteiger partial charge in [-0.05, 0) is 160 Å². The smallest absolute Gasteiger partial charge is 0.437 e. The van der Waals surface area contributed by atoms with Crippen molar-refractivity contribution in [1.29, 1.82) is 0 Å². The van der Waals surface area contributed by atoms with E-state index in [0.29, 0.717) is 12.4 Å². The Morgan fingerprint density at radius 3 is 1.45 bits per heavy atom. The molecule has 0 bridgehead atoms. The molecule has 1 fully saturated rings. The van der Waals surface area contributed by atoms with Crippen molar-refractivity contribution < 1.29 is 54.8 Å². The predicted molar refractivity (Wildman–Crippen MR) is 195 cm³/mol. The average Bonchev–Trinajstić information content (AvgIpc) is 3.14. The normalized spacial score (nSPS) is 24.3. The first-order valence-corrected chi connectivity index (χ1v) is 19.1. The lowest BCUT2D eigenvalue weighted by Crippen LogP contribution is -2.58. The van der Waals surface area contributed by atoms with Gasteiger partial charge in [0.25, 0.3) is 5.60 Å². The molecule has 12 heteroatoms. The van der Waals surface area contributed by atoms with Crippen LogP contribution in [0.2, 0.25) is 0 Å². The number of allylic oxidation sites excluding steroid dienone is 7. The number of halogens is 6. The summed E-state index contributed by atoms with van der Waals surface area (Å²) in [6.45, 7) is 10.1. The van der Waals surface area contributed by atoms with E-state index in [1.807, 2.05) is 19.3 Å². The second-order valence-electron chi connectivity index (χ2n) is 14.5. The average molecular weight is 765 g/mol. The monoisotopic (exact) mass is 764 g/mol. The largest absolute Gasteiger partial charge is 0.502 e. The molecule has 7 rings (SSSR count). The van der Waals surface area contributed by atoms with E-state index in [0.717, 1.165) is 37.9 Å². The van der Waals surface area contributed by atoms with Crippen molar-refractivity contribution in [2.45, 2.75) is 172 Å². The molecule has 53 heavy (non-hydrogen) atoms. The van der Waals surface area contributed by atoms with Gasteiger partial charge in [-0.15, -0.1) is 0 Å². The summed E-state index contributed by atoms with van der Waals surface area (Å²) in [5.74, 6) is 1.09. The number of hydrogen-bond donors (Lipinski definition) is 0. The van der Waals surface area contributed by atoms with Gasteiger partial charge in [0, 0.05) is 6.42 Å². The third kappa shape index (κ3) is 18.1. The van der Waals surface area contributed by atoms with Crippen LogP contribution in [-0.4, -0.2) is 48.5 Å². The SMILES string of the molecule is C1=COC2(CC1)CCCCC2.C1=COCCC1.CC1(C)CCC=CO1.CC1=CCCCO1.CC1CCC=CO1.FC(F)(F)C1(C(F)(F)F)CCC=CO1. The van der Waals surface area contributed by atoms with Crippen molar-refractivity contribution in [2.75, 3.05) is 13.2 Å². The predicted octanol–water partition coefficient (Wildman–Crippen LogP) is 13.0. The molecule has 7 aliphatic rings. The maximum absolute atomic E-state index is 12.2. The molecule has 0 N–H and O–H groups in total. The summed E-state index contributed by atoms with van der Waals surface area (Å²) >= 11 is 0. The van der Waals surface area contributed by atoms with E-state index in [9.17, 15) is 26.3 Å². The second-order valence-corrected chi connectivity index (χ2v) is 14.5. The maximum atomic E-state index is 12.2. The van der Waals surface area contributed by atoms with Crippen LogP contribution in [0.1, 0.15) is 137 Å². The third-order valence-electron chi connectivity index (χ3n) is 9.37. The van der Waals surface area contributed by atoms with E-state index >= 15 is 0 Å². The fourth-order valence-corrected chi connectivity index (χ4v) is 6.00. The van der Waals surface area contributed by atoms with Crippen LogP contribution in [0, 0.1) is 0 Å². The molecule has 0 amide bonds. The highest BCUT2D eigenvalue weighted by Crippen LogP contribution is 2.50. The van der Waals surface area contributed by atoms with E-state index in [1.54, 1.807) is 18.8 Å². The lowest BCUT2D eigenvalue weighted by molar-refractivity contribution is -0.372. The minimum Gasteiger partial charge on any atom is -0.502 e. The Morgan fingerprint density at radius 2 is 1.17 bits per heavy atom. The van der Waals surface area contributed by atoms with Crippen molar-refractivity contribution in [2.24, 2.45) is 0 Å². The number of alkyl halides is 6. The zero-order valence-corrected chi connectivity index (χ0v) is 32.1. The number of ether oxygens (including phenoxy) is 6. The topological polar surface area (TPSA) is 55.4 Å². The molecule has 1 aliphatic carbocycles. The molecule has 6 heterocycles. The molecule has 1 unspecified atom stereocenters. The summed E-state index contributed by atoms with van der Waals surface area (Å²) in [4.78, 5) is 0. The summed E-state index contributed by atoms with van der Waals surface area (Å²) in [6.07, 6.45) is 26.0. The molecule has 0 saturated heterocycles.